The molecule has 1 N–H and O–H groups in total. The molecule has 22 heavy (non-hydrogen) atoms. The maximum atomic E-state index is 3.04. The van der Waals surface area contributed by atoms with Gasteiger partial charge in [0.25, 0.3) is 0 Å². The van der Waals surface area contributed by atoms with Crippen molar-refractivity contribution >= 4 is 31.5 Å². The summed E-state index contributed by atoms with van der Waals surface area (Å²) < 4.78 is 2.81. The molecular formula is C20H21NS. The standard InChI is InChI=1S/C20H21NS/c1-14(12-13-21-3)8-10-16-15(2)9-11-18-17-6-4-5-7-19(17)22-20(16)18/h4-9,11-13,21H,10H2,1-3H3/b13-12-,14-8-. The van der Waals surface area contributed by atoms with Crippen LogP contribution in [0.4, 0.5) is 0 Å². The number of hydrogen-bond donors (Lipinski definition) is 1. The predicted molar refractivity (Wildman–Crippen MR) is 99.7 cm³/mol. The normalized spacial score (nSPS) is 12.6. The highest BCUT2D eigenvalue weighted by Gasteiger charge is 2.09. The van der Waals surface area contributed by atoms with Crippen LogP contribution >= 0.6 is 11.3 Å². The summed E-state index contributed by atoms with van der Waals surface area (Å²) in [6.07, 6.45) is 7.37. The van der Waals surface area contributed by atoms with Gasteiger partial charge in [0.1, 0.15) is 0 Å². The lowest BCUT2D eigenvalue weighted by atomic mass is 10.0. The van der Waals surface area contributed by atoms with Crippen LogP contribution in [0, 0.1) is 6.92 Å². The number of allylic oxidation sites excluding steroid dienone is 3. The third-order valence-electron chi connectivity index (χ3n) is 4.03. The van der Waals surface area contributed by atoms with E-state index in [0.717, 1.165) is 6.42 Å². The van der Waals surface area contributed by atoms with E-state index in [1.165, 1.54) is 36.9 Å². The molecular weight excluding hydrogens is 286 g/mol. The lowest BCUT2D eigenvalue weighted by Crippen LogP contribution is -1.92. The van der Waals surface area contributed by atoms with E-state index in [1.54, 1.807) is 0 Å². The monoisotopic (exact) mass is 307 g/mol. The number of fused-ring (bicyclic) bond motifs is 3. The zero-order chi connectivity index (χ0) is 15.5. The van der Waals surface area contributed by atoms with Gasteiger partial charge in [0, 0.05) is 27.2 Å². The second-order valence-electron chi connectivity index (χ2n) is 5.61. The van der Waals surface area contributed by atoms with Crippen molar-refractivity contribution in [1.82, 2.24) is 5.32 Å². The molecule has 0 saturated heterocycles. The van der Waals surface area contributed by atoms with Gasteiger partial charge in [0.05, 0.1) is 0 Å². The molecule has 0 atom stereocenters. The van der Waals surface area contributed by atoms with Gasteiger partial charge in [-0.1, -0.05) is 42.0 Å². The van der Waals surface area contributed by atoms with Gasteiger partial charge in [-0.15, -0.1) is 11.3 Å². The largest absolute Gasteiger partial charge is 0.394 e. The number of rotatable bonds is 4. The van der Waals surface area contributed by atoms with Crippen molar-refractivity contribution in [2.75, 3.05) is 7.05 Å². The van der Waals surface area contributed by atoms with Crippen LogP contribution in [0.15, 0.2) is 60.3 Å². The summed E-state index contributed by atoms with van der Waals surface area (Å²) in [5.74, 6) is 0. The Bertz CT molecular complexity index is 868. The van der Waals surface area contributed by atoms with Crippen LogP contribution in [-0.4, -0.2) is 7.05 Å². The summed E-state index contributed by atoms with van der Waals surface area (Å²) >= 11 is 1.91. The molecule has 0 spiro atoms. The number of hydrogen-bond acceptors (Lipinski definition) is 2. The summed E-state index contributed by atoms with van der Waals surface area (Å²) in [4.78, 5) is 0. The Kier molecular flexibility index (Phi) is 4.30. The van der Waals surface area contributed by atoms with Crippen molar-refractivity contribution in [2.45, 2.75) is 20.3 Å². The summed E-state index contributed by atoms with van der Waals surface area (Å²) in [7, 11) is 1.92. The highest BCUT2D eigenvalue weighted by molar-refractivity contribution is 7.26. The molecule has 2 aromatic carbocycles. The second kappa shape index (κ2) is 6.37. The maximum Gasteiger partial charge on any atom is 0.0393 e. The minimum absolute atomic E-state index is 0.982. The SMILES string of the molecule is CN/C=C\C(C)=C/Cc1c(C)ccc2c1sc1ccccc12. The van der Waals surface area contributed by atoms with Gasteiger partial charge in [-0.05, 0) is 49.7 Å². The lowest BCUT2D eigenvalue weighted by molar-refractivity contribution is 1.10. The van der Waals surface area contributed by atoms with Gasteiger partial charge in [0.15, 0.2) is 0 Å². The number of benzene rings is 2. The molecule has 0 radical (unpaired) electrons. The molecule has 1 nitrogen and oxygen atoms in total. The molecule has 0 aliphatic rings. The minimum atomic E-state index is 0.982. The van der Waals surface area contributed by atoms with E-state index in [4.69, 9.17) is 0 Å². The fourth-order valence-electron chi connectivity index (χ4n) is 2.74. The molecule has 0 amide bonds. The van der Waals surface area contributed by atoms with Gasteiger partial charge < -0.3 is 5.32 Å². The topological polar surface area (TPSA) is 12.0 Å². The molecule has 112 valence electrons. The molecule has 3 aromatic rings. The van der Waals surface area contributed by atoms with E-state index >= 15 is 0 Å². The van der Waals surface area contributed by atoms with E-state index in [1.807, 2.05) is 24.6 Å². The Balaban J connectivity index is 2.08. The fourth-order valence-corrected chi connectivity index (χ4v) is 4.05. The van der Waals surface area contributed by atoms with Crippen molar-refractivity contribution in [2.24, 2.45) is 0 Å². The van der Waals surface area contributed by atoms with Crippen LogP contribution in [0.3, 0.4) is 0 Å². The van der Waals surface area contributed by atoms with Gasteiger partial charge in [-0.2, -0.15) is 0 Å². The third kappa shape index (κ3) is 2.79. The lowest BCUT2D eigenvalue weighted by Gasteiger charge is -2.05. The minimum Gasteiger partial charge on any atom is -0.394 e. The zero-order valence-electron chi connectivity index (χ0n) is 13.3. The Labute approximate surface area is 136 Å². The Hall–Kier alpha value is -2.06. The van der Waals surface area contributed by atoms with Crippen LogP contribution < -0.4 is 5.32 Å². The van der Waals surface area contributed by atoms with E-state index < -0.39 is 0 Å². The van der Waals surface area contributed by atoms with Gasteiger partial charge in [-0.25, -0.2) is 0 Å². The average Bonchev–Trinajstić information content (AvgIpc) is 2.90. The van der Waals surface area contributed by atoms with Crippen LogP contribution in [0.2, 0.25) is 0 Å². The highest BCUT2D eigenvalue weighted by Crippen LogP contribution is 2.37. The number of aryl methyl sites for hydroxylation is 1. The second-order valence-corrected chi connectivity index (χ2v) is 6.66. The molecule has 0 unspecified atom stereocenters. The first-order valence-electron chi connectivity index (χ1n) is 7.61. The molecule has 1 aromatic heterocycles. The summed E-state index contributed by atoms with van der Waals surface area (Å²) in [5, 5.41) is 5.80. The fraction of sp³-hybridized carbons (Fsp3) is 0.200. The van der Waals surface area contributed by atoms with Crippen molar-refractivity contribution in [3.63, 3.8) is 0 Å². The molecule has 0 fully saturated rings. The quantitative estimate of drug-likeness (QED) is 0.620. The van der Waals surface area contributed by atoms with Crippen molar-refractivity contribution in [3.05, 3.63) is 71.5 Å². The van der Waals surface area contributed by atoms with Gasteiger partial charge in [-0.3, -0.25) is 0 Å². The predicted octanol–water partition coefficient (Wildman–Crippen LogP) is 5.58. The summed E-state index contributed by atoms with van der Waals surface area (Å²) in [5.41, 5.74) is 4.11. The Morgan fingerprint density at radius 3 is 2.77 bits per heavy atom. The molecule has 0 aliphatic heterocycles. The van der Waals surface area contributed by atoms with E-state index in [9.17, 15) is 0 Å². The first-order chi connectivity index (χ1) is 10.7. The van der Waals surface area contributed by atoms with Crippen molar-refractivity contribution in [3.8, 4) is 0 Å². The molecule has 1 heterocycles. The van der Waals surface area contributed by atoms with Crippen molar-refractivity contribution < 1.29 is 0 Å². The Morgan fingerprint density at radius 2 is 1.95 bits per heavy atom. The van der Waals surface area contributed by atoms with Crippen LogP contribution in [0.5, 0.6) is 0 Å². The zero-order valence-corrected chi connectivity index (χ0v) is 14.1. The molecule has 0 aliphatic carbocycles. The number of thiophene rings is 1. The summed E-state index contributed by atoms with van der Waals surface area (Å²) in [6, 6.07) is 13.2. The van der Waals surface area contributed by atoms with Crippen molar-refractivity contribution in [1.29, 1.82) is 0 Å². The molecule has 3 rings (SSSR count). The summed E-state index contributed by atoms with van der Waals surface area (Å²) in [6.45, 7) is 4.36. The van der Waals surface area contributed by atoms with E-state index in [-0.39, 0.29) is 0 Å². The smallest absolute Gasteiger partial charge is 0.0393 e. The molecule has 0 bridgehead atoms. The van der Waals surface area contributed by atoms with Crippen LogP contribution in [-0.2, 0) is 6.42 Å². The van der Waals surface area contributed by atoms with Gasteiger partial charge >= 0.3 is 0 Å². The van der Waals surface area contributed by atoms with Crippen LogP contribution in [0.1, 0.15) is 18.1 Å². The number of nitrogens with one attached hydrogen (secondary N) is 1. The first kappa shape index (κ1) is 14.9. The highest BCUT2D eigenvalue weighted by atomic mass is 32.1. The third-order valence-corrected chi connectivity index (χ3v) is 5.27. The average molecular weight is 307 g/mol. The van der Waals surface area contributed by atoms with Crippen LogP contribution in [0.25, 0.3) is 20.2 Å². The van der Waals surface area contributed by atoms with E-state index in [2.05, 4.69) is 67.7 Å². The van der Waals surface area contributed by atoms with E-state index in [0.29, 0.717) is 0 Å². The molecule has 2 heteroatoms. The van der Waals surface area contributed by atoms with Gasteiger partial charge in [0.2, 0.25) is 0 Å². The first-order valence-corrected chi connectivity index (χ1v) is 8.42. The Morgan fingerprint density at radius 1 is 1.14 bits per heavy atom. The molecule has 0 saturated carbocycles. The maximum absolute atomic E-state index is 3.04.